The normalized spacial score (nSPS) is 19.1. The van der Waals surface area contributed by atoms with Crippen molar-refractivity contribution in [1.82, 2.24) is 14.5 Å². The molecule has 1 atom stereocenters. The van der Waals surface area contributed by atoms with Crippen LogP contribution in [0.25, 0.3) is 0 Å². The van der Waals surface area contributed by atoms with Crippen LogP contribution in [0.2, 0.25) is 0 Å². The van der Waals surface area contributed by atoms with Gasteiger partial charge in [0, 0.05) is 44.2 Å². The molecule has 1 N–H and O–H groups in total. The van der Waals surface area contributed by atoms with Gasteiger partial charge in [0.1, 0.15) is 6.04 Å². The Morgan fingerprint density at radius 1 is 1.14 bits per heavy atom. The van der Waals surface area contributed by atoms with Crippen molar-refractivity contribution in [3.63, 3.8) is 0 Å². The summed E-state index contributed by atoms with van der Waals surface area (Å²) >= 11 is 0. The van der Waals surface area contributed by atoms with Crippen molar-refractivity contribution >= 4 is 27.5 Å². The van der Waals surface area contributed by atoms with Crippen molar-refractivity contribution in [1.29, 1.82) is 0 Å². The van der Waals surface area contributed by atoms with Gasteiger partial charge in [-0.25, -0.2) is 8.42 Å². The van der Waals surface area contributed by atoms with Crippen molar-refractivity contribution < 1.29 is 22.9 Å². The number of hydrogen-bond acceptors (Lipinski definition) is 6. The molecule has 2 aliphatic rings. The van der Waals surface area contributed by atoms with E-state index in [2.05, 4.69) is 5.32 Å². The summed E-state index contributed by atoms with van der Waals surface area (Å²) < 4.78 is 26.7. The molecule has 1 aliphatic heterocycles. The standard InChI is InChI=1S/C17H22N4O6S/c1-12(18-16(22)13-2-3-13)17(23)19-8-10-20(11-9-19)28(26,27)15-6-4-14(5-7-15)21(24)25/h4-7,12-13H,2-3,8-11H2,1H3,(H,18,22)/t12-/m1/s1. The van der Waals surface area contributed by atoms with E-state index < -0.39 is 21.0 Å². The molecule has 10 nitrogen and oxygen atoms in total. The quantitative estimate of drug-likeness (QED) is 0.532. The summed E-state index contributed by atoms with van der Waals surface area (Å²) in [6.07, 6.45) is 1.71. The van der Waals surface area contributed by atoms with E-state index in [1.165, 1.54) is 16.4 Å². The van der Waals surface area contributed by atoms with Crippen LogP contribution in [0.1, 0.15) is 19.8 Å². The number of hydrogen-bond donors (Lipinski definition) is 1. The number of nitro groups is 1. The number of nitrogens with one attached hydrogen (secondary N) is 1. The minimum Gasteiger partial charge on any atom is -0.344 e. The number of carbonyl (C=O) groups excluding carboxylic acids is 2. The molecule has 2 amide bonds. The molecule has 1 aromatic rings. The fourth-order valence-electron chi connectivity index (χ4n) is 3.05. The minimum atomic E-state index is -3.79. The fourth-order valence-corrected chi connectivity index (χ4v) is 4.47. The Balaban J connectivity index is 1.58. The van der Waals surface area contributed by atoms with Crippen LogP contribution >= 0.6 is 0 Å². The van der Waals surface area contributed by atoms with Crippen LogP contribution in [0.15, 0.2) is 29.2 Å². The van der Waals surface area contributed by atoms with Crippen LogP contribution in [0, 0.1) is 16.0 Å². The summed E-state index contributed by atoms with van der Waals surface area (Å²) in [5.41, 5.74) is -0.184. The molecule has 0 radical (unpaired) electrons. The Bertz CT molecular complexity index is 873. The molecule has 0 unspecified atom stereocenters. The Morgan fingerprint density at radius 2 is 1.71 bits per heavy atom. The number of non-ortho nitro benzene ring substituents is 1. The highest BCUT2D eigenvalue weighted by Gasteiger charge is 2.34. The SMILES string of the molecule is C[C@@H](NC(=O)C1CC1)C(=O)N1CCN(S(=O)(=O)c2ccc([N+](=O)[O-])cc2)CC1. The lowest BCUT2D eigenvalue weighted by atomic mass is 10.2. The first-order chi connectivity index (χ1) is 13.2. The average Bonchev–Trinajstić information content (AvgIpc) is 3.53. The van der Waals surface area contributed by atoms with Gasteiger partial charge in [0.2, 0.25) is 21.8 Å². The highest BCUT2D eigenvalue weighted by molar-refractivity contribution is 7.89. The Hall–Kier alpha value is -2.53. The maximum absolute atomic E-state index is 12.7. The van der Waals surface area contributed by atoms with Gasteiger partial charge in [-0.3, -0.25) is 19.7 Å². The molecule has 1 heterocycles. The number of nitrogens with zero attached hydrogens (tertiary/aromatic N) is 3. The van der Waals surface area contributed by atoms with Crippen LogP contribution in [0.3, 0.4) is 0 Å². The number of amides is 2. The third-order valence-corrected chi connectivity index (χ3v) is 6.83. The van der Waals surface area contributed by atoms with E-state index in [0.29, 0.717) is 0 Å². The number of rotatable bonds is 6. The molecular formula is C17H22N4O6S. The van der Waals surface area contributed by atoms with Crippen molar-refractivity contribution in [2.45, 2.75) is 30.7 Å². The lowest BCUT2D eigenvalue weighted by molar-refractivity contribution is -0.384. The summed E-state index contributed by atoms with van der Waals surface area (Å²) in [4.78, 5) is 35.9. The number of piperazine rings is 1. The van der Waals surface area contributed by atoms with Crippen LogP contribution in [-0.2, 0) is 19.6 Å². The second-order valence-corrected chi connectivity index (χ2v) is 8.92. The number of sulfonamides is 1. The lowest BCUT2D eigenvalue weighted by Gasteiger charge is -2.35. The molecule has 152 valence electrons. The highest BCUT2D eigenvalue weighted by atomic mass is 32.2. The van der Waals surface area contributed by atoms with Crippen LogP contribution in [0.4, 0.5) is 5.69 Å². The lowest BCUT2D eigenvalue weighted by Crippen LogP contribution is -2.55. The van der Waals surface area contributed by atoms with Crippen LogP contribution in [-0.4, -0.2) is 66.6 Å². The zero-order valence-electron chi connectivity index (χ0n) is 15.4. The zero-order chi connectivity index (χ0) is 20.5. The average molecular weight is 410 g/mol. The van der Waals surface area contributed by atoms with Gasteiger partial charge in [-0.1, -0.05) is 0 Å². The molecule has 0 bridgehead atoms. The molecule has 1 saturated carbocycles. The Kier molecular flexibility index (Phi) is 5.66. The van der Waals surface area contributed by atoms with Gasteiger partial charge in [-0.05, 0) is 31.9 Å². The third-order valence-electron chi connectivity index (χ3n) is 4.91. The largest absolute Gasteiger partial charge is 0.344 e. The van der Waals surface area contributed by atoms with E-state index in [1.54, 1.807) is 11.8 Å². The highest BCUT2D eigenvalue weighted by Crippen LogP contribution is 2.29. The van der Waals surface area contributed by atoms with Crippen molar-refractivity contribution in [2.75, 3.05) is 26.2 Å². The van der Waals surface area contributed by atoms with Crippen LogP contribution in [0.5, 0.6) is 0 Å². The van der Waals surface area contributed by atoms with Gasteiger partial charge in [0.05, 0.1) is 9.82 Å². The Morgan fingerprint density at radius 3 is 2.21 bits per heavy atom. The van der Waals surface area contributed by atoms with Gasteiger partial charge in [-0.15, -0.1) is 0 Å². The molecule has 1 aliphatic carbocycles. The second kappa shape index (κ2) is 7.84. The Labute approximate surface area is 162 Å². The summed E-state index contributed by atoms with van der Waals surface area (Å²) in [5.74, 6) is -0.333. The minimum absolute atomic E-state index is 0.0129. The van der Waals surface area contributed by atoms with E-state index >= 15 is 0 Å². The first-order valence-electron chi connectivity index (χ1n) is 9.04. The van der Waals surface area contributed by atoms with E-state index in [1.807, 2.05) is 0 Å². The van der Waals surface area contributed by atoms with E-state index in [4.69, 9.17) is 0 Å². The van der Waals surface area contributed by atoms with Crippen molar-refractivity contribution in [3.05, 3.63) is 34.4 Å². The number of nitro benzene ring substituents is 1. The molecule has 28 heavy (non-hydrogen) atoms. The predicted molar refractivity (Wildman–Crippen MR) is 98.8 cm³/mol. The number of carbonyl (C=O) groups is 2. The van der Waals surface area contributed by atoms with Gasteiger partial charge < -0.3 is 10.2 Å². The van der Waals surface area contributed by atoms with Gasteiger partial charge in [-0.2, -0.15) is 4.31 Å². The van der Waals surface area contributed by atoms with Gasteiger partial charge in [0.25, 0.3) is 5.69 Å². The predicted octanol–water partition coefficient (Wildman–Crippen LogP) is 0.342. The monoisotopic (exact) mass is 410 g/mol. The maximum atomic E-state index is 12.7. The van der Waals surface area contributed by atoms with E-state index in [9.17, 15) is 28.1 Å². The number of benzene rings is 1. The molecule has 2 fully saturated rings. The summed E-state index contributed by atoms with van der Waals surface area (Å²) in [5, 5.41) is 13.4. The van der Waals surface area contributed by atoms with Crippen molar-refractivity contribution in [3.8, 4) is 0 Å². The van der Waals surface area contributed by atoms with E-state index in [0.717, 1.165) is 25.0 Å². The first-order valence-corrected chi connectivity index (χ1v) is 10.5. The molecule has 0 spiro atoms. The van der Waals surface area contributed by atoms with Crippen LogP contribution < -0.4 is 5.32 Å². The molecule has 0 aromatic heterocycles. The molecule has 11 heteroatoms. The smallest absolute Gasteiger partial charge is 0.269 e. The fraction of sp³-hybridized carbons (Fsp3) is 0.529. The third kappa shape index (κ3) is 4.30. The van der Waals surface area contributed by atoms with Crippen molar-refractivity contribution in [2.24, 2.45) is 5.92 Å². The topological polar surface area (TPSA) is 130 Å². The maximum Gasteiger partial charge on any atom is 0.269 e. The molecule has 1 saturated heterocycles. The molecular weight excluding hydrogens is 388 g/mol. The first kappa shape index (κ1) is 20.2. The summed E-state index contributed by atoms with van der Waals surface area (Å²) in [6, 6.07) is 4.07. The zero-order valence-corrected chi connectivity index (χ0v) is 16.2. The van der Waals surface area contributed by atoms with Gasteiger partial charge >= 0.3 is 0 Å². The summed E-state index contributed by atoms with van der Waals surface area (Å²) in [7, 11) is -3.79. The molecule has 1 aromatic carbocycles. The van der Waals surface area contributed by atoms with Gasteiger partial charge in [0.15, 0.2) is 0 Å². The van der Waals surface area contributed by atoms with E-state index in [-0.39, 0.29) is 54.5 Å². The second-order valence-electron chi connectivity index (χ2n) is 6.98. The summed E-state index contributed by atoms with van der Waals surface area (Å²) in [6.45, 7) is 2.30. The molecule has 3 rings (SSSR count).